The Morgan fingerprint density at radius 2 is 1.85 bits per heavy atom. The fraction of sp³-hybridized carbons (Fsp3) is 0.412. The van der Waals surface area contributed by atoms with E-state index in [1.165, 1.54) is 0 Å². The number of hydrogen-bond acceptors (Lipinski definition) is 2. The zero-order chi connectivity index (χ0) is 13.9. The number of allylic oxidation sites excluding steroid dienone is 2. The molecule has 3 rings (SSSR count). The molecule has 3 heteroatoms. The number of carbonyl (C=O) groups excluding carboxylic acids is 1. The molecule has 104 valence electrons. The molecule has 3 nitrogen and oxygen atoms in total. The zero-order valence-electron chi connectivity index (χ0n) is 11.8. The van der Waals surface area contributed by atoms with Crippen molar-refractivity contribution < 1.29 is 4.79 Å². The second kappa shape index (κ2) is 5.61. The van der Waals surface area contributed by atoms with E-state index in [-0.39, 0.29) is 17.7 Å². The van der Waals surface area contributed by atoms with E-state index in [2.05, 4.69) is 36.3 Å². The van der Waals surface area contributed by atoms with Crippen LogP contribution in [0.5, 0.6) is 0 Å². The van der Waals surface area contributed by atoms with E-state index in [9.17, 15) is 4.79 Å². The van der Waals surface area contributed by atoms with Crippen LogP contribution in [0.1, 0.15) is 31.7 Å². The molecule has 1 aromatic rings. The predicted molar refractivity (Wildman–Crippen MR) is 80.3 cm³/mol. The van der Waals surface area contributed by atoms with Crippen molar-refractivity contribution in [3.8, 4) is 0 Å². The molecule has 0 unspecified atom stereocenters. The van der Waals surface area contributed by atoms with Gasteiger partial charge in [0.15, 0.2) is 0 Å². The van der Waals surface area contributed by atoms with Crippen LogP contribution < -0.4 is 0 Å². The number of hydrogen-bond donors (Lipinski definition) is 0. The number of rotatable bonds is 3. The summed E-state index contributed by atoms with van der Waals surface area (Å²) in [5, 5.41) is 6.36. The van der Waals surface area contributed by atoms with Gasteiger partial charge in [0, 0.05) is 12.5 Å². The molecule has 1 aliphatic carbocycles. The van der Waals surface area contributed by atoms with Gasteiger partial charge >= 0.3 is 0 Å². The summed E-state index contributed by atoms with van der Waals surface area (Å²) in [5.74, 6) is 0.503. The minimum atomic E-state index is 0.0688. The number of carbonyl (C=O) groups is 1. The third kappa shape index (κ3) is 2.28. The van der Waals surface area contributed by atoms with E-state index < -0.39 is 0 Å². The molecule has 0 radical (unpaired) electrons. The van der Waals surface area contributed by atoms with E-state index in [1.54, 1.807) is 5.01 Å². The monoisotopic (exact) mass is 268 g/mol. The highest BCUT2D eigenvalue weighted by molar-refractivity contribution is 6.06. The van der Waals surface area contributed by atoms with E-state index in [1.807, 2.05) is 18.2 Å². The molecule has 0 saturated heterocycles. The lowest BCUT2D eigenvalue weighted by molar-refractivity contribution is -0.137. The molecule has 1 aliphatic heterocycles. The van der Waals surface area contributed by atoms with Gasteiger partial charge in [-0.15, -0.1) is 0 Å². The lowest BCUT2D eigenvalue weighted by atomic mass is 9.76. The molecule has 20 heavy (non-hydrogen) atoms. The summed E-state index contributed by atoms with van der Waals surface area (Å²) in [6.07, 6.45) is 7.02. The van der Waals surface area contributed by atoms with Crippen LogP contribution in [0.15, 0.2) is 47.6 Å². The number of fused-ring (bicyclic) bond motifs is 1. The zero-order valence-corrected chi connectivity index (χ0v) is 11.8. The molecular weight excluding hydrogens is 248 g/mol. The minimum Gasteiger partial charge on any atom is -0.273 e. The minimum absolute atomic E-state index is 0.0688. The maximum Gasteiger partial charge on any atom is 0.246 e. The average molecular weight is 268 g/mol. The van der Waals surface area contributed by atoms with Gasteiger partial charge in [-0.25, -0.2) is 5.01 Å². The summed E-state index contributed by atoms with van der Waals surface area (Å²) in [4.78, 5) is 12.5. The second-order valence-electron chi connectivity index (χ2n) is 5.47. The van der Waals surface area contributed by atoms with Crippen molar-refractivity contribution in [2.75, 3.05) is 6.54 Å². The third-order valence-electron chi connectivity index (χ3n) is 4.09. The van der Waals surface area contributed by atoms with Crippen LogP contribution in [-0.2, 0) is 4.79 Å². The van der Waals surface area contributed by atoms with Crippen LogP contribution in [0.4, 0.5) is 0 Å². The molecule has 0 N–H and O–H groups in total. The quantitative estimate of drug-likeness (QED) is 0.775. The van der Waals surface area contributed by atoms with Gasteiger partial charge in [-0.2, -0.15) is 5.10 Å². The highest BCUT2D eigenvalue weighted by atomic mass is 16.2. The Balaban J connectivity index is 2.02. The number of benzene rings is 1. The molecule has 0 saturated carbocycles. The first kappa shape index (κ1) is 13.1. The highest BCUT2D eigenvalue weighted by Crippen LogP contribution is 2.34. The summed E-state index contributed by atoms with van der Waals surface area (Å²) < 4.78 is 0. The van der Waals surface area contributed by atoms with Gasteiger partial charge in [-0.3, -0.25) is 4.79 Å². The average Bonchev–Trinajstić information content (AvgIpc) is 2.51. The van der Waals surface area contributed by atoms with Crippen molar-refractivity contribution in [3.05, 3.63) is 48.0 Å². The Morgan fingerprint density at radius 1 is 1.15 bits per heavy atom. The van der Waals surface area contributed by atoms with E-state index >= 15 is 0 Å². The predicted octanol–water partition coefficient (Wildman–Crippen LogP) is 3.23. The molecule has 0 fully saturated rings. The van der Waals surface area contributed by atoms with E-state index in [4.69, 9.17) is 0 Å². The van der Waals surface area contributed by atoms with Crippen LogP contribution in [0.25, 0.3) is 0 Å². The van der Waals surface area contributed by atoms with Gasteiger partial charge in [-0.1, -0.05) is 49.4 Å². The lowest BCUT2D eigenvalue weighted by Crippen LogP contribution is -2.45. The summed E-state index contributed by atoms with van der Waals surface area (Å²) in [6.45, 7) is 2.79. The van der Waals surface area contributed by atoms with E-state index in [0.717, 1.165) is 30.5 Å². The Kier molecular flexibility index (Phi) is 3.68. The lowest BCUT2D eigenvalue weighted by Gasteiger charge is -2.36. The molecular formula is C17H20N2O. The number of amides is 1. The molecule has 1 heterocycles. The fourth-order valence-corrected chi connectivity index (χ4v) is 3.09. The first-order valence-corrected chi connectivity index (χ1v) is 7.41. The summed E-state index contributed by atoms with van der Waals surface area (Å²) in [6, 6.07) is 10.3. The van der Waals surface area contributed by atoms with Gasteiger partial charge in [0.25, 0.3) is 0 Å². The normalized spacial score (nSPS) is 25.4. The maximum absolute atomic E-state index is 12.5. The van der Waals surface area contributed by atoms with Gasteiger partial charge in [-0.05, 0) is 24.8 Å². The fourth-order valence-electron chi connectivity index (χ4n) is 3.09. The van der Waals surface area contributed by atoms with Crippen molar-refractivity contribution in [2.45, 2.75) is 26.2 Å². The topological polar surface area (TPSA) is 32.7 Å². The summed E-state index contributed by atoms with van der Waals surface area (Å²) >= 11 is 0. The first-order chi connectivity index (χ1) is 9.81. The van der Waals surface area contributed by atoms with Crippen molar-refractivity contribution in [1.82, 2.24) is 5.01 Å². The molecule has 2 aliphatic rings. The van der Waals surface area contributed by atoms with Gasteiger partial charge < -0.3 is 0 Å². The Bertz CT molecular complexity index is 547. The molecule has 0 spiro atoms. The molecule has 0 bridgehead atoms. The Hall–Kier alpha value is -1.90. The maximum atomic E-state index is 12.5. The van der Waals surface area contributed by atoms with Crippen molar-refractivity contribution in [2.24, 2.45) is 16.9 Å². The number of nitrogens with zero attached hydrogens (tertiary/aromatic N) is 2. The Labute approximate surface area is 120 Å². The van der Waals surface area contributed by atoms with Crippen molar-refractivity contribution in [3.63, 3.8) is 0 Å². The molecule has 1 aromatic carbocycles. The Morgan fingerprint density at radius 3 is 2.55 bits per heavy atom. The van der Waals surface area contributed by atoms with Crippen LogP contribution in [0.2, 0.25) is 0 Å². The first-order valence-electron chi connectivity index (χ1n) is 7.41. The summed E-state index contributed by atoms with van der Waals surface area (Å²) in [7, 11) is 0. The SMILES string of the molecule is CCCN1N=C(c2ccccc2)[C@@H]2CC=CC[C@@H]2C1=O. The number of hydrazone groups is 1. The van der Waals surface area contributed by atoms with Crippen molar-refractivity contribution >= 4 is 11.6 Å². The molecule has 1 amide bonds. The third-order valence-corrected chi connectivity index (χ3v) is 4.09. The smallest absolute Gasteiger partial charge is 0.246 e. The van der Waals surface area contributed by atoms with Crippen LogP contribution >= 0.6 is 0 Å². The highest BCUT2D eigenvalue weighted by Gasteiger charge is 2.39. The van der Waals surface area contributed by atoms with Crippen LogP contribution in [0, 0.1) is 11.8 Å². The van der Waals surface area contributed by atoms with Crippen molar-refractivity contribution in [1.29, 1.82) is 0 Å². The van der Waals surface area contributed by atoms with Crippen LogP contribution in [-0.4, -0.2) is 23.2 Å². The van der Waals surface area contributed by atoms with Gasteiger partial charge in [0.2, 0.25) is 5.91 Å². The van der Waals surface area contributed by atoms with Gasteiger partial charge in [0.05, 0.1) is 11.6 Å². The molecule has 0 aromatic heterocycles. The summed E-state index contributed by atoms with van der Waals surface area (Å²) in [5.41, 5.74) is 2.22. The molecule has 2 atom stereocenters. The van der Waals surface area contributed by atoms with Gasteiger partial charge in [0.1, 0.15) is 0 Å². The van der Waals surface area contributed by atoms with Crippen LogP contribution in [0.3, 0.4) is 0 Å². The second-order valence-corrected chi connectivity index (χ2v) is 5.47. The standard InChI is InChI=1S/C17H20N2O/c1-2-12-19-17(20)15-11-7-6-10-14(15)16(18-19)13-8-4-3-5-9-13/h3-9,14-15H,2,10-12H2,1H3/t14-,15+/m1/s1. The van der Waals surface area contributed by atoms with E-state index in [0.29, 0.717) is 6.54 Å². The largest absolute Gasteiger partial charge is 0.273 e.